The molecule has 0 aromatic rings. The molecular formula is C14H27N3O. The van der Waals surface area contributed by atoms with E-state index in [0.29, 0.717) is 12.5 Å². The van der Waals surface area contributed by atoms with Crippen LogP contribution in [0, 0.1) is 0 Å². The van der Waals surface area contributed by atoms with Gasteiger partial charge >= 0.3 is 0 Å². The first kappa shape index (κ1) is 13.8. The lowest BCUT2D eigenvalue weighted by molar-refractivity contribution is -0.133. The number of nitrogens with zero attached hydrogens (tertiary/aromatic N) is 2. The summed E-state index contributed by atoms with van der Waals surface area (Å²) in [5.74, 6) is 0.238. The standard InChI is InChI=1S/C14H27N3O/c1-12(15)11-14(18)17-9-5-13(6-10-17)16-7-3-2-4-8-16/h12-13H,2-11,15H2,1H3. The Morgan fingerprint density at radius 2 is 1.78 bits per heavy atom. The van der Waals surface area contributed by atoms with Crippen molar-refractivity contribution in [3.63, 3.8) is 0 Å². The maximum Gasteiger partial charge on any atom is 0.224 e. The van der Waals surface area contributed by atoms with E-state index in [2.05, 4.69) is 4.90 Å². The van der Waals surface area contributed by atoms with Gasteiger partial charge in [0, 0.05) is 31.6 Å². The smallest absolute Gasteiger partial charge is 0.224 e. The van der Waals surface area contributed by atoms with Gasteiger partial charge in [-0.25, -0.2) is 0 Å². The lowest BCUT2D eigenvalue weighted by Crippen LogP contribution is -2.48. The number of likely N-dealkylation sites (tertiary alicyclic amines) is 2. The minimum atomic E-state index is -0.0164. The van der Waals surface area contributed by atoms with Crippen LogP contribution in [0.15, 0.2) is 0 Å². The van der Waals surface area contributed by atoms with Crippen LogP contribution >= 0.6 is 0 Å². The Morgan fingerprint density at radius 1 is 1.17 bits per heavy atom. The number of hydrogen-bond acceptors (Lipinski definition) is 3. The molecule has 104 valence electrons. The van der Waals surface area contributed by atoms with Gasteiger partial charge in [0.05, 0.1) is 0 Å². The van der Waals surface area contributed by atoms with E-state index < -0.39 is 0 Å². The highest BCUT2D eigenvalue weighted by molar-refractivity contribution is 5.76. The molecule has 2 N–H and O–H groups in total. The third kappa shape index (κ3) is 3.69. The van der Waals surface area contributed by atoms with Gasteiger partial charge in [0.15, 0.2) is 0 Å². The number of hydrogen-bond donors (Lipinski definition) is 1. The van der Waals surface area contributed by atoms with Crippen molar-refractivity contribution in [1.29, 1.82) is 0 Å². The Balaban J connectivity index is 1.75. The van der Waals surface area contributed by atoms with Crippen LogP contribution < -0.4 is 5.73 Å². The molecule has 1 atom stereocenters. The van der Waals surface area contributed by atoms with Gasteiger partial charge in [-0.15, -0.1) is 0 Å². The molecule has 0 radical (unpaired) electrons. The fourth-order valence-electron chi connectivity index (χ4n) is 3.17. The Labute approximate surface area is 110 Å². The summed E-state index contributed by atoms with van der Waals surface area (Å²) in [4.78, 5) is 16.6. The van der Waals surface area contributed by atoms with E-state index in [9.17, 15) is 4.79 Å². The van der Waals surface area contributed by atoms with Crippen LogP contribution in [-0.2, 0) is 4.79 Å². The monoisotopic (exact) mass is 253 g/mol. The van der Waals surface area contributed by atoms with Crippen molar-refractivity contribution in [3.05, 3.63) is 0 Å². The zero-order chi connectivity index (χ0) is 13.0. The molecule has 1 amide bonds. The minimum absolute atomic E-state index is 0.0164. The first-order chi connectivity index (χ1) is 8.66. The van der Waals surface area contributed by atoms with Crippen molar-refractivity contribution in [2.75, 3.05) is 26.2 Å². The summed E-state index contributed by atoms with van der Waals surface area (Å²) in [5, 5.41) is 0. The van der Waals surface area contributed by atoms with Crippen molar-refractivity contribution in [1.82, 2.24) is 9.80 Å². The molecule has 0 aliphatic carbocycles. The highest BCUT2D eigenvalue weighted by atomic mass is 16.2. The summed E-state index contributed by atoms with van der Waals surface area (Å²) in [5.41, 5.74) is 5.69. The van der Waals surface area contributed by atoms with E-state index in [1.807, 2.05) is 11.8 Å². The van der Waals surface area contributed by atoms with Crippen molar-refractivity contribution >= 4 is 5.91 Å². The molecule has 2 aliphatic rings. The average molecular weight is 253 g/mol. The summed E-state index contributed by atoms with van der Waals surface area (Å²) in [7, 11) is 0. The molecule has 1 unspecified atom stereocenters. The number of rotatable bonds is 3. The number of nitrogens with two attached hydrogens (primary N) is 1. The van der Waals surface area contributed by atoms with Crippen molar-refractivity contribution in [3.8, 4) is 0 Å². The van der Waals surface area contributed by atoms with E-state index >= 15 is 0 Å². The Morgan fingerprint density at radius 3 is 2.33 bits per heavy atom. The van der Waals surface area contributed by atoms with Crippen LogP contribution in [0.4, 0.5) is 0 Å². The van der Waals surface area contributed by atoms with Gasteiger partial charge in [0.1, 0.15) is 0 Å². The zero-order valence-electron chi connectivity index (χ0n) is 11.6. The molecule has 0 saturated carbocycles. The normalized spacial score (nSPS) is 25.1. The lowest BCUT2D eigenvalue weighted by atomic mass is 9.99. The van der Waals surface area contributed by atoms with Crippen LogP contribution in [-0.4, -0.2) is 54.0 Å². The van der Waals surface area contributed by atoms with Gasteiger partial charge in [-0.1, -0.05) is 6.42 Å². The summed E-state index contributed by atoms with van der Waals surface area (Å²) in [6.07, 6.45) is 6.87. The molecule has 2 saturated heterocycles. The van der Waals surface area contributed by atoms with Crippen LogP contribution in [0.1, 0.15) is 45.4 Å². The second kappa shape index (κ2) is 6.53. The maximum atomic E-state index is 11.9. The number of carbonyl (C=O) groups is 1. The molecule has 2 rings (SSSR count). The molecule has 0 spiro atoms. The van der Waals surface area contributed by atoms with E-state index in [1.54, 1.807) is 0 Å². The summed E-state index contributed by atoms with van der Waals surface area (Å²) in [6, 6.07) is 0.696. The van der Waals surface area contributed by atoms with Gasteiger partial charge in [-0.3, -0.25) is 4.79 Å². The first-order valence-electron chi connectivity index (χ1n) is 7.44. The van der Waals surface area contributed by atoms with Crippen LogP contribution in [0.2, 0.25) is 0 Å². The SMILES string of the molecule is CC(N)CC(=O)N1CCC(N2CCCCC2)CC1. The third-order valence-electron chi connectivity index (χ3n) is 4.22. The van der Waals surface area contributed by atoms with Crippen LogP contribution in [0.3, 0.4) is 0 Å². The molecule has 2 heterocycles. The highest BCUT2D eigenvalue weighted by Crippen LogP contribution is 2.21. The quantitative estimate of drug-likeness (QED) is 0.822. The number of piperidine rings is 2. The topological polar surface area (TPSA) is 49.6 Å². The highest BCUT2D eigenvalue weighted by Gasteiger charge is 2.27. The third-order valence-corrected chi connectivity index (χ3v) is 4.22. The lowest BCUT2D eigenvalue weighted by Gasteiger charge is -2.40. The fraction of sp³-hybridized carbons (Fsp3) is 0.929. The minimum Gasteiger partial charge on any atom is -0.343 e. The van der Waals surface area contributed by atoms with E-state index in [1.165, 1.54) is 32.4 Å². The van der Waals surface area contributed by atoms with Gasteiger partial charge in [-0.05, 0) is 45.7 Å². The molecule has 2 aliphatic heterocycles. The summed E-state index contributed by atoms with van der Waals surface area (Å²) in [6.45, 7) is 6.27. The predicted octanol–water partition coefficient (Wildman–Crippen LogP) is 1.20. The Bertz CT molecular complexity index is 266. The van der Waals surface area contributed by atoms with Crippen LogP contribution in [0.25, 0.3) is 0 Å². The molecule has 0 aromatic carbocycles. The Kier molecular flexibility index (Phi) is 5.01. The summed E-state index contributed by atoms with van der Waals surface area (Å²) < 4.78 is 0. The van der Waals surface area contributed by atoms with Crippen molar-refractivity contribution in [2.45, 2.75) is 57.5 Å². The number of amides is 1. The van der Waals surface area contributed by atoms with E-state index in [4.69, 9.17) is 5.73 Å². The molecule has 4 nitrogen and oxygen atoms in total. The fourth-order valence-corrected chi connectivity index (χ4v) is 3.17. The molecular weight excluding hydrogens is 226 g/mol. The largest absolute Gasteiger partial charge is 0.343 e. The van der Waals surface area contributed by atoms with Gasteiger partial charge in [-0.2, -0.15) is 0 Å². The molecule has 2 fully saturated rings. The Hall–Kier alpha value is -0.610. The van der Waals surface area contributed by atoms with Crippen molar-refractivity contribution in [2.24, 2.45) is 5.73 Å². The summed E-state index contributed by atoms with van der Waals surface area (Å²) >= 11 is 0. The second-order valence-corrected chi connectivity index (χ2v) is 5.89. The molecule has 0 aromatic heterocycles. The molecule has 4 heteroatoms. The van der Waals surface area contributed by atoms with E-state index in [0.717, 1.165) is 25.9 Å². The van der Waals surface area contributed by atoms with Gasteiger partial charge in [0.25, 0.3) is 0 Å². The number of carbonyl (C=O) groups excluding carboxylic acids is 1. The molecule has 18 heavy (non-hydrogen) atoms. The van der Waals surface area contributed by atoms with Crippen molar-refractivity contribution < 1.29 is 4.79 Å². The molecule has 0 bridgehead atoms. The predicted molar refractivity (Wildman–Crippen MR) is 73.3 cm³/mol. The van der Waals surface area contributed by atoms with Gasteiger partial charge in [0.2, 0.25) is 5.91 Å². The zero-order valence-corrected chi connectivity index (χ0v) is 11.6. The maximum absolute atomic E-state index is 11.9. The van der Waals surface area contributed by atoms with Gasteiger partial charge < -0.3 is 15.5 Å². The second-order valence-electron chi connectivity index (χ2n) is 5.89. The van der Waals surface area contributed by atoms with Crippen LogP contribution in [0.5, 0.6) is 0 Å². The van der Waals surface area contributed by atoms with E-state index in [-0.39, 0.29) is 11.9 Å². The average Bonchev–Trinajstić information content (AvgIpc) is 2.39. The first-order valence-corrected chi connectivity index (χ1v) is 7.44.